The van der Waals surface area contributed by atoms with Crippen molar-refractivity contribution < 1.29 is 18.3 Å². The van der Waals surface area contributed by atoms with E-state index >= 15 is 0 Å². The Labute approximate surface area is 158 Å². The van der Waals surface area contributed by atoms with E-state index in [9.17, 15) is 18.3 Å². The van der Waals surface area contributed by atoms with Gasteiger partial charge >= 0.3 is 6.18 Å². The molecule has 0 unspecified atom stereocenters. The molecule has 3 aromatic heterocycles. The third-order valence-electron chi connectivity index (χ3n) is 4.63. The van der Waals surface area contributed by atoms with E-state index in [1.165, 1.54) is 29.8 Å². The van der Waals surface area contributed by atoms with Crippen molar-refractivity contribution in [2.75, 3.05) is 0 Å². The smallest absolute Gasteiger partial charge is 0.416 e. The van der Waals surface area contributed by atoms with Crippen LogP contribution in [0.15, 0.2) is 55.0 Å². The van der Waals surface area contributed by atoms with Crippen LogP contribution in [0.25, 0.3) is 16.9 Å². The molecule has 4 rings (SSSR count). The SMILES string of the molecule is Cc1c(Cc2cnn3c(O)cc(-c4ccncc4)nc23)cccc1C(F)(F)F. The fourth-order valence-corrected chi connectivity index (χ4v) is 3.18. The van der Waals surface area contributed by atoms with Crippen LogP contribution in [0, 0.1) is 6.92 Å². The Morgan fingerprint density at radius 3 is 2.54 bits per heavy atom. The van der Waals surface area contributed by atoms with Crippen molar-refractivity contribution in [2.24, 2.45) is 0 Å². The zero-order valence-corrected chi connectivity index (χ0v) is 14.8. The van der Waals surface area contributed by atoms with Gasteiger partial charge in [-0.3, -0.25) is 4.98 Å². The van der Waals surface area contributed by atoms with Crippen molar-refractivity contribution in [3.63, 3.8) is 0 Å². The molecular formula is C20H15F3N4O. The van der Waals surface area contributed by atoms with Crippen molar-refractivity contribution in [1.29, 1.82) is 0 Å². The molecule has 3 heterocycles. The highest BCUT2D eigenvalue weighted by molar-refractivity contribution is 5.64. The first-order valence-electron chi connectivity index (χ1n) is 8.47. The molecule has 4 aromatic rings. The quantitative estimate of drug-likeness (QED) is 0.568. The standard InChI is InChI=1S/C20H15F3N4O/c1-12-14(3-2-4-16(12)20(21,22)23)9-15-11-25-27-18(28)10-17(26-19(15)27)13-5-7-24-8-6-13/h2-8,10-11,28H,9H2,1H3. The Hall–Kier alpha value is -3.42. The van der Waals surface area contributed by atoms with Gasteiger partial charge in [0.15, 0.2) is 5.65 Å². The lowest BCUT2D eigenvalue weighted by Gasteiger charge is -2.13. The lowest BCUT2D eigenvalue weighted by Crippen LogP contribution is -2.09. The highest BCUT2D eigenvalue weighted by Gasteiger charge is 2.32. The maximum atomic E-state index is 13.2. The highest BCUT2D eigenvalue weighted by Crippen LogP contribution is 2.34. The number of hydrogen-bond donors (Lipinski definition) is 1. The second kappa shape index (κ2) is 6.63. The fraction of sp³-hybridized carbons (Fsp3) is 0.150. The Bertz CT molecular complexity index is 1150. The van der Waals surface area contributed by atoms with E-state index in [1.54, 1.807) is 30.6 Å². The maximum absolute atomic E-state index is 13.2. The minimum absolute atomic E-state index is 0.108. The molecule has 5 nitrogen and oxygen atoms in total. The Morgan fingerprint density at radius 1 is 1.07 bits per heavy atom. The molecular weight excluding hydrogens is 369 g/mol. The zero-order valence-electron chi connectivity index (χ0n) is 14.8. The summed E-state index contributed by atoms with van der Waals surface area (Å²) in [5, 5.41) is 14.4. The van der Waals surface area contributed by atoms with Gasteiger partial charge in [-0.2, -0.15) is 22.8 Å². The first kappa shape index (κ1) is 18.0. The van der Waals surface area contributed by atoms with Gasteiger partial charge in [0.05, 0.1) is 17.5 Å². The summed E-state index contributed by atoms with van der Waals surface area (Å²) in [7, 11) is 0. The average Bonchev–Trinajstić information content (AvgIpc) is 3.06. The Morgan fingerprint density at radius 2 is 1.82 bits per heavy atom. The molecule has 0 atom stereocenters. The fourth-order valence-electron chi connectivity index (χ4n) is 3.18. The lowest BCUT2D eigenvalue weighted by molar-refractivity contribution is -0.138. The first-order chi connectivity index (χ1) is 13.3. The summed E-state index contributed by atoms with van der Waals surface area (Å²) >= 11 is 0. The van der Waals surface area contributed by atoms with E-state index in [2.05, 4.69) is 15.1 Å². The number of aromatic hydroxyl groups is 1. The highest BCUT2D eigenvalue weighted by atomic mass is 19.4. The second-order valence-electron chi connectivity index (χ2n) is 6.40. The molecule has 0 fully saturated rings. The molecule has 0 saturated heterocycles. The minimum atomic E-state index is -4.41. The van der Waals surface area contributed by atoms with Crippen LogP contribution >= 0.6 is 0 Å². The third kappa shape index (κ3) is 3.17. The van der Waals surface area contributed by atoms with Gasteiger partial charge in [0.1, 0.15) is 0 Å². The summed E-state index contributed by atoms with van der Waals surface area (Å²) < 4.78 is 40.8. The summed E-state index contributed by atoms with van der Waals surface area (Å²) in [6, 6.07) is 9.11. The van der Waals surface area contributed by atoms with E-state index in [-0.39, 0.29) is 17.9 Å². The molecule has 28 heavy (non-hydrogen) atoms. The predicted molar refractivity (Wildman–Crippen MR) is 96.9 cm³/mol. The van der Waals surface area contributed by atoms with Gasteiger partial charge in [-0.15, -0.1) is 0 Å². The largest absolute Gasteiger partial charge is 0.493 e. The molecule has 0 radical (unpaired) electrons. The molecule has 0 bridgehead atoms. The second-order valence-corrected chi connectivity index (χ2v) is 6.40. The first-order valence-corrected chi connectivity index (χ1v) is 8.47. The van der Waals surface area contributed by atoms with Crippen LogP contribution in [-0.4, -0.2) is 24.7 Å². The summed E-state index contributed by atoms with van der Waals surface area (Å²) in [4.78, 5) is 8.51. The van der Waals surface area contributed by atoms with Gasteiger partial charge in [0, 0.05) is 36.0 Å². The van der Waals surface area contributed by atoms with E-state index in [0.29, 0.717) is 22.5 Å². The molecule has 1 N–H and O–H groups in total. The van der Waals surface area contributed by atoms with Crippen LogP contribution in [0.3, 0.4) is 0 Å². The van der Waals surface area contributed by atoms with Crippen LogP contribution in [0.5, 0.6) is 5.88 Å². The van der Waals surface area contributed by atoms with Gasteiger partial charge in [-0.1, -0.05) is 12.1 Å². The van der Waals surface area contributed by atoms with E-state index in [1.807, 2.05) is 0 Å². The lowest BCUT2D eigenvalue weighted by atomic mass is 9.97. The van der Waals surface area contributed by atoms with Gasteiger partial charge < -0.3 is 5.11 Å². The van der Waals surface area contributed by atoms with Crippen molar-refractivity contribution in [3.05, 3.63) is 77.2 Å². The Kier molecular flexibility index (Phi) is 4.26. The van der Waals surface area contributed by atoms with Gasteiger partial charge in [0.2, 0.25) is 5.88 Å². The predicted octanol–water partition coefficient (Wildman–Crippen LogP) is 4.41. The number of alkyl halides is 3. The molecule has 0 amide bonds. The molecule has 0 spiro atoms. The molecule has 0 aliphatic rings. The number of nitrogens with zero attached hydrogens (tertiary/aromatic N) is 4. The number of benzene rings is 1. The van der Waals surface area contributed by atoms with E-state index in [0.717, 1.165) is 11.6 Å². The monoisotopic (exact) mass is 384 g/mol. The van der Waals surface area contributed by atoms with Crippen molar-refractivity contribution >= 4 is 5.65 Å². The number of aromatic nitrogens is 4. The number of hydrogen-bond acceptors (Lipinski definition) is 4. The number of pyridine rings is 1. The van der Waals surface area contributed by atoms with Crippen LogP contribution in [0.1, 0.15) is 22.3 Å². The van der Waals surface area contributed by atoms with E-state index < -0.39 is 11.7 Å². The molecule has 142 valence electrons. The molecule has 8 heteroatoms. The van der Waals surface area contributed by atoms with Crippen LogP contribution < -0.4 is 0 Å². The number of fused-ring (bicyclic) bond motifs is 1. The van der Waals surface area contributed by atoms with Gasteiger partial charge in [-0.25, -0.2) is 4.98 Å². The van der Waals surface area contributed by atoms with E-state index in [4.69, 9.17) is 0 Å². The summed E-state index contributed by atoms with van der Waals surface area (Å²) in [5.41, 5.74) is 2.33. The number of halogens is 3. The Balaban J connectivity index is 1.80. The van der Waals surface area contributed by atoms with Crippen molar-refractivity contribution in [1.82, 2.24) is 19.6 Å². The normalized spacial score (nSPS) is 11.9. The summed E-state index contributed by atoms with van der Waals surface area (Å²) in [6.07, 6.45) is 0.541. The molecule has 0 aliphatic heterocycles. The minimum Gasteiger partial charge on any atom is -0.493 e. The van der Waals surface area contributed by atoms with Crippen molar-refractivity contribution in [2.45, 2.75) is 19.5 Å². The van der Waals surface area contributed by atoms with Crippen LogP contribution in [-0.2, 0) is 12.6 Å². The maximum Gasteiger partial charge on any atom is 0.416 e. The summed E-state index contributed by atoms with van der Waals surface area (Å²) in [6.45, 7) is 1.46. The molecule has 0 saturated carbocycles. The summed E-state index contributed by atoms with van der Waals surface area (Å²) in [5.74, 6) is -0.108. The van der Waals surface area contributed by atoms with Crippen molar-refractivity contribution in [3.8, 4) is 17.1 Å². The number of rotatable bonds is 3. The molecule has 1 aromatic carbocycles. The zero-order chi connectivity index (χ0) is 19.9. The van der Waals surface area contributed by atoms with Gasteiger partial charge in [0.25, 0.3) is 0 Å². The average molecular weight is 384 g/mol. The van der Waals surface area contributed by atoms with Crippen LogP contribution in [0.4, 0.5) is 13.2 Å². The van der Waals surface area contributed by atoms with Gasteiger partial charge in [-0.05, 0) is 36.2 Å². The molecule has 0 aliphatic carbocycles. The topological polar surface area (TPSA) is 63.3 Å². The third-order valence-corrected chi connectivity index (χ3v) is 4.63. The van der Waals surface area contributed by atoms with Crippen LogP contribution in [0.2, 0.25) is 0 Å².